The van der Waals surface area contributed by atoms with Gasteiger partial charge in [0.05, 0.1) is 19.0 Å². The summed E-state index contributed by atoms with van der Waals surface area (Å²) in [4.78, 5) is 0. The molecule has 0 aromatic heterocycles. The minimum atomic E-state index is -3.31. The fraction of sp³-hybridized carbons (Fsp3) is 0.800. The average molecular weight is 268 g/mol. The summed E-state index contributed by atoms with van der Waals surface area (Å²) in [5, 5.41) is 27.0. The Balaban J connectivity index is 0. The van der Waals surface area contributed by atoms with Crippen LogP contribution < -0.4 is 5.11 Å². The highest BCUT2D eigenvalue weighted by Crippen LogP contribution is 2.05. The summed E-state index contributed by atoms with van der Waals surface area (Å²) in [7, 11) is -3.31. The lowest BCUT2D eigenvalue weighted by molar-refractivity contribution is -0.300. The Bertz CT molecular complexity index is 309. The van der Waals surface area contributed by atoms with E-state index in [1.807, 2.05) is 0 Å². The fourth-order valence-electron chi connectivity index (χ4n) is 0.995. The molecule has 0 unspecified atom stereocenters. The number of hydrogen-bond donors (Lipinski definition) is 2. The third-order valence-electron chi connectivity index (χ3n) is 1.60. The van der Waals surface area contributed by atoms with Gasteiger partial charge in [0.1, 0.15) is 0 Å². The summed E-state index contributed by atoms with van der Waals surface area (Å²) in [6, 6.07) is -0.212. The van der Waals surface area contributed by atoms with Crippen LogP contribution in [0.1, 0.15) is 20.8 Å². The highest BCUT2D eigenvalue weighted by Gasteiger charge is 2.22. The fourth-order valence-corrected chi connectivity index (χ4v) is 2.20. The first-order valence-corrected chi connectivity index (χ1v) is 6.95. The molecule has 0 bridgehead atoms. The van der Waals surface area contributed by atoms with Crippen LogP contribution in [0, 0.1) is 0 Å². The topological polar surface area (TPSA) is 101 Å². The largest absolute Gasteiger partial charge is 0.876 e. The Kier molecular flexibility index (Phi) is 9.32. The SMILES string of the molecule is C=C(C)[O-].CC(C)N(C[C@H](O)CO)S(C)(=O)=O. The monoisotopic (exact) mass is 268 g/mol. The molecule has 0 heterocycles. The lowest BCUT2D eigenvalue weighted by atomic mass is 10.3. The number of sulfonamides is 1. The van der Waals surface area contributed by atoms with Crippen molar-refractivity contribution in [2.24, 2.45) is 0 Å². The summed E-state index contributed by atoms with van der Waals surface area (Å²) >= 11 is 0. The maximum atomic E-state index is 11.2. The Morgan fingerprint density at radius 3 is 2.00 bits per heavy atom. The molecule has 104 valence electrons. The number of nitrogens with zero attached hydrogens (tertiary/aromatic N) is 1. The quantitative estimate of drug-likeness (QED) is 0.616. The molecule has 0 aliphatic carbocycles. The maximum Gasteiger partial charge on any atom is 0.211 e. The molecule has 0 aliphatic rings. The van der Waals surface area contributed by atoms with E-state index in [0.717, 1.165) is 10.6 Å². The molecule has 0 fully saturated rings. The second kappa shape index (κ2) is 8.46. The van der Waals surface area contributed by atoms with Crippen LogP contribution in [0.3, 0.4) is 0 Å². The molecule has 0 aliphatic heterocycles. The van der Waals surface area contributed by atoms with Crippen LogP contribution in [-0.2, 0) is 10.0 Å². The summed E-state index contributed by atoms with van der Waals surface area (Å²) in [6.07, 6.45) is 0.0639. The van der Waals surface area contributed by atoms with Gasteiger partial charge >= 0.3 is 0 Å². The highest BCUT2D eigenvalue weighted by molar-refractivity contribution is 7.88. The van der Waals surface area contributed by atoms with E-state index in [0.29, 0.717) is 0 Å². The Labute approximate surface area is 103 Å². The first-order valence-electron chi connectivity index (χ1n) is 5.10. The number of aliphatic hydroxyl groups is 2. The molecule has 1 atom stereocenters. The summed E-state index contributed by atoms with van der Waals surface area (Å²) in [5.74, 6) is -0.0833. The van der Waals surface area contributed by atoms with E-state index in [9.17, 15) is 13.5 Å². The number of allylic oxidation sites excluding steroid dienone is 1. The van der Waals surface area contributed by atoms with Gasteiger partial charge in [0.15, 0.2) is 0 Å². The van der Waals surface area contributed by atoms with Crippen molar-refractivity contribution < 1.29 is 23.7 Å². The van der Waals surface area contributed by atoms with Crippen LogP contribution in [-0.4, -0.2) is 54.5 Å². The van der Waals surface area contributed by atoms with Crippen molar-refractivity contribution in [3.8, 4) is 0 Å². The van der Waals surface area contributed by atoms with Crippen molar-refractivity contribution in [3.63, 3.8) is 0 Å². The molecule has 0 radical (unpaired) electrons. The first kappa shape index (κ1) is 18.7. The third kappa shape index (κ3) is 11.6. The minimum absolute atomic E-state index is 0.0625. The Hall–Kier alpha value is -0.630. The van der Waals surface area contributed by atoms with Crippen LogP contribution in [0.2, 0.25) is 0 Å². The van der Waals surface area contributed by atoms with Crippen molar-refractivity contribution >= 4 is 10.0 Å². The number of rotatable bonds is 5. The van der Waals surface area contributed by atoms with Crippen LogP contribution in [0.15, 0.2) is 12.3 Å². The predicted molar refractivity (Wildman–Crippen MR) is 64.6 cm³/mol. The first-order chi connectivity index (χ1) is 7.52. The van der Waals surface area contributed by atoms with Crippen LogP contribution in [0.25, 0.3) is 0 Å². The lowest BCUT2D eigenvalue weighted by Gasteiger charge is -2.25. The normalized spacial score (nSPS) is 13.2. The van der Waals surface area contributed by atoms with Crippen molar-refractivity contribution in [2.45, 2.75) is 32.9 Å². The van der Waals surface area contributed by atoms with Gasteiger partial charge in [-0.3, -0.25) is 0 Å². The smallest absolute Gasteiger partial charge is 0.211 e. The summed E-state index contributed by atoms with van der Waals surface area (Å²) in [5.41, 5.74) is 0. The van der Waals surface area contributed by atoms with E-state index in [4.69, 9.17) is 10.2 Å². The zero-order valence-electron chi connectivity index (χ0n) is 10.8. The number of aliphatic hydroxyl groups excluding tert-OH is 2. The van der Waals surface area contributed by atoms with Crippen LogP contribution >= 0.6 is 0 Å². The molecule has 7 heteroatoms. The molecule has 0 rings (SSSR count). The molecular formula is C10H22NO5S-. The lowest BCUT2D eigenvalue weighted by Crippen LogP contribution is -2.42. The Morgan fingerprint density at radius 2 is 1.82 bits per heavy atom. The van der Waals surface area contributed by atoms with Crippen molar-refractivity contribution in [3.05, 3.63) is 12.3 Å². The van der Waals surface area contributed by atoms with E-state index in [1.165, 1.54) is 6.92 Å². The van der Waals surface area contributed by atoms with Crippen LogP contribution in [0.5, 0.6) is 0 Å². The molecule has 0 saturated heterocycles. The second-order valence-corrected chi connectivity index (χ2v) is 5.90. The molecule has 0 aromatic carbocycles. The Morgan fingerprint density at radius 1 is 1.47 bits per heavy atom. The summed E-state index contributed by atoms with van der Waals surface area (Å²) < 4.78 is 23.5. The molecule has 17 heavy (non-hydrogen) atoms. The van der Waals surface area contributed by atoms with E-state index >= 15 is 0 Å². The van der Waals surface area contributed by atoms with Crippen molar-refractivity contribution in [2.75, 3.05) is 19.4 Å². The molecule has 0 spiro atoms. The zero-order chi connectivity index (χ0) is 14.2. The molecule has 0 aromatic rings. The zero-order valence-corrected chi connectivity index (χ0v) is 11.6. The average Bonchev–Trinajstić information content (AvgIpc) is 2.10. The van der Waals surface area contributed by atoms with Gasteiger partial charge in [0.2, 0.25) is 10.0 Å². The molecular weight excluding hydrogens is 246 g/mol. The van der Waals surface area contributed by atoms with Crippen molar-refractivity contribution in [1.82, 2.24) is 4.31 Å². The van der Waals surface area contributed by atoms with E-state index in [1.54, 1.807) is 13.8 Å². The predicted octanol–water partition coefficient (Wildman–Crippen LogP) is -1.11. The van der Waals surface area contributed by atoms with Gasteiger partial charge in [-0.05, 0) is 13.8 Å². The standard InChI is InChI=1S/C7H17NO4S.C3H6O/c1-6(2)8(13(3,11)12)4-7(10)5-9;1-3(2)4/h6-7,9-10H,4-5H2,1-3H3;4H,1H2,2H3/p-1/t7-;/m0./s1. The highest BCUT2D eigenvalue weighted by atomic mass is 32.2. The molecule has 0 amide bonds. The maximum absolute atomic E-state index is 11.2. The summed E-state index contributed by atoms with van der Waals surface area (Å²) in [6.45, 7) is 7.35. The number of hydrogen-bond acceptors (Lipinski definition) is 5. The van der Waals surface area contributed by atoms with Gasteiger partial charge in [0, 0.05) is 12.6 Å². The van der Waals surface area contributed by atoms with Gasteiger partial charge < -0.3 is 15.3 Å². The van der Waals surface area contributed by atoms with E-state index in [2.05, 4.69) is 6.58 Å². The van der Waals surface area contributed by atoms with Gasteiger partial charge in [-0.2, -0.15) is 4.31 Å². The van der Waals surface area contributed by atoms with E-state index in [-0.39, 0.29) is 18.3 Å². The third-order valence-corrected chi connectivity index (χ3v) is 3.03. The van der Waals surface area contributed by atoms with Gasteiger partial charge in [-0.25, -0.2) is 8.42 Å². The minimum Gasteiger partial charge on any atom is -0.876 e. The van der Waals surface area contributed by atoms with Gasteiger partial charge in [-0.1, -0.05) is 6.92 Å². The molecule has 2 N–H and O–H groups in total. The molecule has 0 saturated carbocycles. The van der Waals surface area contributed by atoms with Gasteiger partial charge in [0.25, 0.3) is 0 Å². The second-order valence-electron chi connectivity index (χ2n) is 3.96. The van der Waals surface area contributed by atoms with E-state index < -0.39 is 22.7 Å². The van der Waals surface area contributed by atoms with Crippen LogP contribution in [0.4, 0.5) is 0 Å². The van der Waals surface area contributed by atoms with Gasteiger partial charge in [-0.15, -0.1) is 12.3 Å². The molecule has 6 nitrogen and oxygen atoms in total. The van der Waals surface area contributed by atoms with Crippen molar-refractivity contribution in [1.29, 1.82) is 0 Å².